The maximum absolute atomic E-state index is 14.9. The number of piperazine rings is 1. The summed E-state index contributed by atoms with van der Waals surface area (Å²) < 4.78 is 50.5. The van der Waals surface area contributed by atoms with Gasteiger partial charge in [-0.2, -0.15) is 0 Å². The highest BCUT2D eigenvalue weighted by Crippen LogP contribution is 2.40. The van der Waals surface area contributed by atoms with Crippen molar-refractivity contribution < 1.29 is 28.0 Å². The normalized spacial score (nSPS) is 19.9. The van der Waals surface area contributed by atoms with Crippen LogP contribution >= 0.6 is 11.8 Å². The number of hydrogen-bond donors (Lipinski definition) is 3. The third-order valence-electron chi connectivity index (χ3n) is 10.8. The smallest absolute Gasteiger partial charge is 0.333 e. The number of rotatable bonds is 18. The van der Waals surface area contributed by atoms with Crippen molar-refractivity contribution in [2.45, 2.75) is 51.4 Å². The molecule has 0 amide bonds. The topological polar surface area (TPSA) is 125 Å². The summed E-state index contributed by atoms with van der Waals surface area (Å²) in [5.41, 5.74) is 7.56. The molecule has 0 bridgehead atoms. The maximum atomic E-state index is 14.9. The van der Waals surface area contributed by atoms with Crippen LogP contribution < -0.4 is 35.8 Å². The van der Waals surface area contributed by atoms with Crippen LogP contribution in [-0.2, 0) is 15.1 Å². The lowest BCUT2D eigenvalue weighted by Crippen LogP contribution is -2.74. The number of aliphatic imine (C=N–C) groups is 1. The molecule has 2 fully saturated rings. The minimum Gasteiger partial charge on any atom is -0.493 e. The molecular weight excluding hydrogens is 754 g/mol. The van der Waals surface area contributed by atoms with Crippen LogP contribution in [0.25, 0.3) is 5.69 Å². The molecule has 306 valence electrons. The lowest BCUT2D eigenvalue weighted by Gasteiger charge is -2.37. The predicted octanol–water partition coefficient (Wildman–Crippen LogP) is 4.39. The van der Waals surface area contributed by atoms with Gasteiger partial charge in [0.05, 0.1) is 31.0 Å². The lowest BCUT2D eigenvalue weighted by molar-refractivity contribution is -0.479. The van der Waals surface area contributed by atoms with Crippen molar-refractivity contribution >= 4 is 35.8 Å². The van der Waals surface area contributed by atoms with Crippen molar-refractivity contribution in [3.63, 3.8) is 0 Å². The van der Waals surface area contributed by atoms with Crippen molar-refractivity contribution in [3.05, 3.63) is 107 Å². The van der Waals surface area contributed by atoms with Gasteiger partial charge in [0.15, 0.2) is 0 Å². The number of imidazole rings is 1. The predicted molar refractivity (Wildman–Crippen MR) is 221 cm³/mol. The molecule has 3 aromatic carbocycles. The van der Waals surface area contributed by atoms with Gasteiger partial charge in [-0.3, -0.25) is 14.1 Å². The third kappa shape index (κ3) is 10.2. The number of ether oxygens (including phenoxy) is 3. The zero-order valence-electron chi connectivity index (χ0n) is 32.8. The van der Waals surface area contributed by atoms with Crippen LogP contribution in [0.15, 0.2) is 88.9 Å². The SMILES string of the molecule is CC(C)C(C(C)OCCCNCl)n1ccn(-c2ccc(N3CCN(c4ccc(OCC5COC(C[NH+]=CN=CN)(c6ccc(F)cc6F)C5)cc4)CC3)cc2)c1=O. The first-order chi connectivity index (χ1) is 27.6. The molecule has 0 saturated carbocycles. The first kappa shape index (κ1) is 41.9. The Hall–Kier alpha value is -4.76. The standard InChI is InChI=1S/C42H53ClF2N8O4/c1-30(2)40(31(3)55-22-4-15-49-43)53-21-20-52(41(53)54)36-8-6-34(7-9-36)50-16-18-51(19-17-50)35-10-12-37(13-11-35)56-25-32-24-42(57-26-32,27-47-29-48-28-46)38-14-5-33(44)23-39(38)45/h5-14,20-21,23,28-32,40,49H,4,15-19,22,24-27H2,1-3H3,(H2,46,47,48)/p+1. The van der Waals surface area contributed by atoms with Crippen LogP contribution in [0.4, 0.5) is 20.2 Å². The van der Waals surface area contributed by atoms with E-state index in [2.05, 4.69) is 62.7 Å². The number of anilines is 2. The van der Waals surface area contributed by atoms with Crippen molar-refractivity contribution in [2.75, 3.05) is 68.9 Å². The fourth-order valence-corrected chi connectivity index (χ4v) is 8.10. The molecule has 4 unspecified atom stereocenters. The molecule has 0 radical (unpaired) electrons. The Kier molecular flexibility index (Phi) is 14.4. The molecule has 15 heteroatoms. The van der Waals surface area contributed by atoms with Gasteiger partial charge in [0.2, 0.25) is 6.34 Å². The summed E-state index contributed by atoms with van der Waals surface area (Å²) in [5.74, 6) is -0.378. The fourth-order valence-electron chi connectivity index (χ4n) is 7.96. The number of nitrogens with one attached hydrogen (secondary N) is 2. The quantitative estimate of drug-likeness (QED) is 0.0586. The van der Waals surface area contributed by atoms with E-state index in [9.17, 15) is 13.6 Å². The van der Waals surface area contributed by atoms with Gasteiger partial charge in [-0.25, -0.2) is 18.4 Å². The van der Waals surface area contributed by atoms with Gasteiger partial charge in [0.25, 0.3) is 6.34 Å². The Balaban J connectivity index is 1.00. The van der Waals surface area contributed by atoms with Gasteiger partial charge in [-0.05, 0) is 97.0 Å². The van der Waals surface area contributed by atoms with Gasteiger partial charge in [0, 0.05) is 80.6 Å². The fraction of sp³-hybridized carbons (Fsp3) is 0.452. The van der Waals surface area contributed by atoms with Crippen LogP contribution in [0, 0.1) is 23.5 Å². The minimum absolute atomic E-state index is 0.0148. The van der Waals surface area contributed by atoms with Crippen molar-refractivity contribution in [2.24, 2.45) is 22.6 Å². The van der Waals surface area contributed by atoms with Crippen molar-refractivity contribution in [3.8, 4) is 11.4 Å². The Morgan fingerprint density at radius 1 is 1.00 bits per heavy atom. The number of halogens is 3. The second-order valence-corrected chi connectivity index (χ2v) is 15.3. The van der Waals surface area contributed by atoms with Crippen LogP contribution in [0.1, 0.15) is 45.2 Å². The van der Waals surface area contributed by atoms with Crippen molar-refractivity contribution in [1.29, 1.82) is 0 Å². The van der Waals surface area contributed by atoms with Crippen LogP contribution in [-0.4, -0.2) is 87.0 Å². The van der Waals surface area contributed by atoms with Crippen LogP contribution in [0.2, 0.25) is 0 Å². The molecule has 1 aromatic heterocycles. The summed E-state index contributed by atoms with van der Waals surface area (Å²) >= 11 is 5.57. The van der Waals surface area contributed by atoms with E-state index in [1.807, 2.05) is 43.6 Å². The molecule has 6 rings (SSSR count). The average molecular weight is 808 g/mol. The number of benzene rings is 3. The van der Waals surface area contributed by atoms with Gasteiger partial charge >= 0.3 is 5.69 Å². The largest absolute Gasteiger partial charge is 0.493 e. The Bertz CT molecular complexity index is 2000. The Labute approximate surface area is 338 Å². The van der Waals surface area contributed by atoms with Crippen LogP contribution in [0.5, 0.6) is 5.75 Å². The molecule has 0 spiro atoms. The molecular formula is C42H54ClF2N8O4+. The summed E-state index contributed by atoms with van der Waals surface area (Å²) in [6.45, 7) is 11.8. The van der Waals surface area contributed by atoms with E-state index in [0.29, 0.717) is 32.8 Å². The second kappa shape index (κ2) is 19.6. The van der Waals surface area contributed by atoms with Gasteiger partial charge < -0.3 is 29.7 Å². The van der Waals surface area contributed by atoms with Crippen LogP contribution in [0.3, 0.4) is 0 Å². The van der Waals surface area contributed by atoms with Gasteiger partial charge in [0.1, 0.15) is 29.5 Å². The number of aromatic nitrogens is 2. The zero-order chi connectivity index (χ0) is 40.4. The molecule has 0 aliphatic carbocycles. The summed E-state index contributed by atoms with van der Waals surface area (Å²) in [4.78, 5) is 27.8. The lowest BCUT2D eigenvalue weighted by atomic mass is 9.87. The van der Waals surface area contributed by atoms with E-state index >= 15 is 0 Å². The summed E-state index contributed by atoms with van der Waals surface area (Å²) in [6, 6.07) is 19.7. The molecule has 2 aliphatic heterocycles. The molecule has 2 aliphatic rings. The molecule has 4 N–H and O–H groups in total. The second-order valence-electron chi connectivity index (χ2n) is 15.0. The highest BCUT2D eigenvalue weighted by molar-refractivity contribution is 6.13. The summed E-state index contributed by atoms with van der Waals surface area (Å²) in [5, 5.41) is 0. The molecule has 12 nitrogen and oxygen atoms in total. The van der Waals surface area contributed by atoms with Crippen molar-refractivity contribution in [1.82, 2.24) is 14.0 Å². The van der Waals surface area contributed by atoms with Gasteiger partial charge in [-0.15, -0.1) is 0 Å². The maximum Gasteiger partial charge on any atom is 0.333 e. The van der Waals surface area contributed by atoms with E-state index < -0.39 is 17.2 Å². The molecule has 57 heavy (non-hydrogen) atoms. The van der Waals surface area contributed by atoms with E-state index in [-0.39, 0.29) is 41.8 Å². The average Bonchev–Trinajstić information content (AvgIpc) is 3.81. The third-order valence-corrected chi connectivity index (χ3v) is 11.0. The van der Waals surface area contributed by atoms with E-state index in [0.717, 1.165) is 67.8 Å². The van der Waals surface area contributed by atoms with E-state index in [1.54, 1.807) is 9.13 Å². The molecule has 2 saturated heterocycles. The Morgan fingerprint density at radius 2 is 1.67 bits per heavy atom. The molecule has 3 heterocycles. The number of nitrogens with two attached hydrogens (primary N) is 1. The molecule has 4 atom stereocenters. The number of nitrogens with zero attached hydrogens (tertiary/aromatic N) is 5. The summed E-state index contributed by atoms with van der Waals surface area (Å²) in [6.07, 6.45) is 7.38. The first-order valence-corrected chi connectivity index (χ1v) is 20.0. The highest BCUT2D eigenvalue weighted by Gasteiger charge is 2.45. The minimum atomic E-state index is -1.01. The van der Waals surface area contributed by atoms with E-state index in [1.165, 1.54) is 18.5 Å². The monoisotopic (exact) mass is 807 g/mol. The number of hydrogen-bond acceptors (Lipinski definition) is 7. The molecule has 4 aromatic rings. The summed E-state index contributed by atoms with van der Waals surface area (Å²) in [7, 11) is 0. The Morgan fingerprint density at radius 3 is 2.30 bits per heavy atom. The highest BCUT2D eigenvalue weighted by atomic mass is 35.5. The van der Waals surface area contributed by atoms with E-state index in [4.69, 9.17) is 31.7 Å². The zero-order valence-corrected chi connectivity index (χ0v) is 33.6. The first-order valence-electron chi connectivity index (χ1n) is 19.6. The van der Waals surface area contributed by atoms with Gasteiger partial charge in [-0.1, -0.05) is 19.9 Å².